The van der Waals surface area contributed by atoms with E-state index in [1.54, 1.807) is 12.1 Å². The van der Waals surface area contributed by atoms with Gasteiger partial charge < -0.3 is 10.6 Å². The molecular formula is C15H14ClFN2O. The lowest BCUT2D eigenvalue weighted by atomic mass is 10.2. The molecule has 2 aromatic rings. The minimum Gasteiger partial charge on any atom is -0.381 e. The van der Waals surface area contributed by atoms with Gasteiger partial charge in [0.15, 0.2) is 0 Å². The van der Waals surface area contributed by atoms with E-state index in [0.29, 0.717) is 11.6 Å². The predicted molar refractivity (Wildman–Crippen MR) is 79.5 cm³/mol. The van der Waals surface area contributed by atoms with Crippen LogP contribution in [0.4, 0.5) is 15.8 Å². The van der Waals surface area contributed by atoms with Gasteiger partial charge in [-0.05, 0) is 35.9 Å². The fourth-order valence-electron chi connectivity index (χ4n) is 1.73. The predicted octanol–water partition coefficient (Wildman–Crippen LogP) is 4.05. The van der Waals surface area contributed by atoms with Crippen molar-refractivity contribution < 1.29 is 9.18 Å². The minimum absolute atomic E-state index is 0.165. The first-order valence-corrected chi connectivity index (χ1v) is 6.48. The van der Waals surface area contributed by atoms with E-state index >= 15 is 0 Å². The fourth-order valence-corrected chi connectivity index (χ4v) is 1.85. The lowest BCUT2D eigenvalue weighted by Crippen LogP contribution is -2.08. The first-order valence-electron chi connectivity index (χ1n) is 6.10. The number of carbonyl (C=O) groups excluding carboxylic acids is 1. The van der Waals surface area contributed by atoms with Crippen molar-refractivity contribution in [3.63, 3.8) is 0 Å². The molecule has 5 heteroatoms. The maximum absolute atomic E-state index is 13.5. The van der Waals surface area contributed by atoms with Gasteiger partial charge in [0.25, 0.3) is 0 Å². The summed E-state index contributed by atoms with van der Waals surface area (Å²) in [6.45, 7) is 1.93. The Morgan fingerprint density at radius 1 is 1.20 bits per heavy atom. The van der Waals surface area contributed by atoms with E-state index in [4.69, 9.17) is 11.6 Å². The quantitative estimate of drug-likeness (QED) is 0.892. The van der Waals surface area contributed by atoms with Gasteiger partial charge in [0.2, 0.25) is 5.91 Å². The van der Waals surface area contributed by atoms with Crippen LogP contribution in [0, 0.1) is 5.82 Å². The molecule has 0 saturated heterocycles. The van der Waals surface area contributed by atoms with Gasteiger partial charge in [-0.15, -0.1) is 0 Å². The number of rotatable bonds is 4. The van der Waals surface area contributed by atoms with Crippen molar-refractivity contribution in [1.29, 1.82) is 0 Å². The second kappa shape index (κ2) is 6.39. The van der Waals surface area contributed by atoms with Gasteiger partial charge in [0, 0.05) is 24.2 Å². The van der Waals surface area contributed by atoms with Crippen LogP contribution < -0.4 is 10.6 Å². The number of hydrogen-bond acceptors (Lipinski definition) is 2. The number of anilines is 2. The average Bonchev–Trinajstić information content (AvgIpc) is 2.41. The zero-order chi connectivity index (χ0) is 14.5. The highest BCUT2D eigenvalue weighted by Crippen LogP contribution is 2.20. The van der Waals surface area contributed by atoms with E-state index in [-0.39, 0.29) is 11.6 Å². The molecule has 0 aromatic heterocycles. The first kappa shape index (κ1) is 14.3. The number of benzene rings is 2. The second-order valence-electron chi connectivity index (χ2n) is 4.36. The highest BCUT2D eigenvalue weighted by atomic mass is 35.5. The smallest absolute Gasteiger partial charge is 0.221 e. The topological polar surface area (TPSA) is 41.1 Å². The zero-order valence-electron chi connectivity index (χ0n) is 10.9. The summed E-state index contributed by atoms with van der Waals surface area (Å²) in [5.41, 5.74) is 1.95. The molecule has 0 aliphatic carbocycles. The van der Waals surface area contributed by atoms with E-state index in [0.717, 1.165) is 11.3 Å². The number of nitrogens with one attached hydrogen (secondary N) is 2. The van der Waals surface area contributed by atoms with Crippen molar-refractivity contribution in [1.82, 2.24) is 0 Å². The molecule has 104 valence electrons. The molecule has 3 nitrogen and oxygen atoms in total. The number of hydrogen-bond donors (Lipinski definition) is 2. The van der Waals surface area contributed by atoms with Crippen LogP contribution in [0.25, 0.3) is 0 Å². The summed E-state index contributed by atoms with van der Waals surface area (Å²) >= 11 is 5.81. The molecule has 0 spiro atoms. The summed E-state index contributed by atoms with van der Waals surface area (Å²) in [7, 11) is 0. The largest absolute Gasteiger partial charge is 0.381 e. The highest BCUT2D eigenvalue weighted by molar-refractivity contribution is 6.30. The molecule has 1 amide bonds. The standard InChI is InChI=1S/C15H14ClFN2O/c1-10(20)19-15-8-13(6-7-14(15)17)18-9-11-2-4-12(16)5-3-11/h2-8,18H,9H2,1H3,(H,19,20). The van der Waals surface area contributed by atoms with Crippen molar-refractivity contribution in [3.05, 3.63) is 58.9 Å². The normalized spacial score (nSPS) is 10.2. The van der Waals surface area contributed by atoms with Crippen molar-refractivity contribution >= 4 is 28.9 Å². The van der Waals surface area contributed by atoms with Crippen LogP contribution in [0.5, 0.6) is 0 Å². The fraction of sp³-hybridized carbons (Fsp3) is 0.133. The molecule has 0 saturated carbocycles. The maximum Gasteiger partial charge on any atom is 0.221 e. The third kappa shape index (κ3) is 3.96. The molecule has 0 atom stereocenters. The summed E-state index contributed by atoms with van der Waals surface area (Å²) in [6, 6.07) is 11.9. The Labute approximate surface area is 121 Å². The lowest BCUT2D eigenvalue weighted by molar-refractivity contribution is -0.114. The summed E-state index contributed by atoms with van der Waals surface area (Å²) in [5.74, 6) is -0.768. The van der Waals surface area contributed by atoms with Gasteiger partial charge in [-0.3, -0.25) is 4.79 Å². The lowest BCUT2D eigenvalue weighted by Gasteiger charge is -2.10. The van der Waals surface area contributed by atoms with Crippen molar-refractivity contribution in [3.8, 4) is 0 Å². The van der Waals surface area contributed by atoms with Crippen LogP contribution in [0.3, 0.4) is 0 Å². The van der Waals surface area contributed by atoms with Gasteiger partial charge in [0.1, 0.15) is 5.82 Å². The Morgan fingerprint density at radius 3 is 2.55 bits per heavy atom. The molecule has 20 heavy (non-hydrogen) atoms. The molecular weight excluding hydrogens is 279 g/mol. The van der Waals surface area contributed by atoms with Gasteiger partial charge in [-0.2, -0.15) is 0 Å². The number of halogens is 2. The van der Waals surface area contributed by atoms with Gasteiger partial charge in [-0.1, -0.05) is 23.7 Å². The van der Waals surface area contributed by atoms with Gasteiger partial charge in [-0.25, -0.2) is 4.39 Å². The minimum atomic E-state index is -0.461. The molecule has 0 aliphatic heterocycles. The molecule has 2 N–H and O–H groups in total. The molecule has 2 aromatic carbocycles. The number of amides is 1. The third-order valence-electron chi connectivity index (χ3n) is 2.69. The second-order valence-corrected chi connectivity index (χ2v) is 4.79. The van der Waals surface area contributed by atoms with Gasteiger partial charge in [0.05, 0.1) is 5.69 Å². The third-order valence-corrected chi connectivity index (χ3v) is 2.94. The summed E-state index contributed by atoms with van der Waals surface area (Å²) in [4.78, 5) is 11.0. The number of carbonyl (C=O) groups is 1. The Kier molecular flexibility index (Phi) is 4.58. The van der Waals surface area contributed by atoms with E-state index in [1.807, 2.05) is 24.3 Å². The average molecular weight is 293 g/mol. The molecule has 0 bridgehead atoms. The van der Waals surface area contributed by atoms with E-state index in [1.165, 1.54) is 13.0 Å². The maximum atomic E-state index is 13.5. The van der Waals surface area contributed by atoms with E-state index in [9.17, 15) is 9.18 Å². The molecule has 0 unspecified atom stereocenters. The van der Waals surface area contributed by atoms with Crippen LogP contribution in [0.2, 0.25) is 5.02 Å². The first-order chi connectivity index (χ1) is 9.54. The van der Waals surface area contributed by atoms with E-state index < -0.39 is 5.82 Å². The Hall–Kier alpha value is -2.07. The Morgan fingerprint density at radius 2 is 1.90 bits per heavy atom. The summed E-state index contributed by atoms with van der Waals surface area (Å²) in [6.07, 6.45) is 0. The Bertz CT molecular complexity index is 614. The van der Waals surface area contributed by atoms with Crippen LogP contribution >= 0.6 is 11.6 Å². The molecule has 0 aliphatic rings. The summed E-state index contributed by atoms with van der Waals surface area (Å²) < 4.78 is 13.5. The van der Waals surface area contributed by atoms with Crippen molar-refractivity contribution in [2.75, 3.05) is 10.6 Å². The monoisotopic (exact) mass is 292 g/mol. The molecule has 0 fully saturated rings. The summed E-state index contributed by atoms with van der Waals surface area (Å²) in [5, 5.41) is 6.29. The van der Waals surface area contributed by atoms with Crippen LogP contribution in [-0.4, -0.2) is 5.91 Å². The SMILES string of the molecule is CC(=O)Nc1cc(NCc2ccc(Cl)cc2)ccc1F. The zero-order valence-corrected chi connectivity index (χ0v) is 11.7. The highest BCUT2D eigenvalue weighted by Gasteiger charge is 2.05. The molecule has 2 rings (SSSR count). The van der Waals surface area contributed by atoms with E-state index in [2.05, 4.69) is 10.6 Å². The Balaban J connectivity index is 2.06. The van der Waals surface area contributed by atoms with Gasteiger partial charge >= 0.3 is 0 Å². The van der Waals surface area contributed by atoms with Crippen LogP contribution in [0.1, 0.15) is 12.5 Å². The van der Waals surface area contributed by atoms with Crippen molar-refractivity contribution in [2.24, 2.45) is 0 Å². The molecule has 0 radical (unpaired) electrons. The molecule has 0 heterocycles. The van der Waals surface area contributed by atoms with Crippen LogP contribution in [0.15, 0.2) is 42.5 Å². The van der Waals surface area contributed by atoms with Crippen LogP contribution in [-0.2, 0) is 11.3 Å². The van der Waals surface area contributed by atoms with Crippen molar-refractivity contribution in [2.45, 2.75) is 13.5 Å².